The van der Waals surface area contributed by atoms with Gasteiger partial charge in [-0.1, -0.05) is 12.8 Å². The third kappa shape index (κ3) is 3.81. The van der Waals surface area contributed by atoms with Gasteiger partial charge in [0.25, 0.3) is 15.9 Å². The van der Waals surface area contributed by atoms with Gasteiger partial charge in [-0.25, -0.2) is 4.39 Å². The minimum atomic E-state index is -4.09. The Hall–Kier alpha value is -2.42. The number of nitrogens with zero attached hydrogens (tertiary/aromatic N) is 1. The van der Waals surface area contributed by atoms with Crippen LogP contribution in [0.15, 0.2) is 29.3 Å². The molecule has 3 rings (SSSR count). The van der Waals surface area contributed by atoms with Crippen LogP contribution >= 0.6 is 0 Å². The molecule has 1 amide bonds. The predicted octanol–water partition coefficient (Wildman–Crippen LogP) is 2.33. The summed E-state index contributed by atoms with van der Waals surface area (Å²) in [5, 5.41) is 8.84. The van der Waals surface area contributed by atoms with Crippen LogP contribution in [0, 0.1) is 12.7 Å². The van der Waals surface area contributed by atoms with Gasteiger partial charge in [-0.2, -0.15) is 13.5 Å². The normalized spacial score (nSPS) is 15.3. The lowest BCUT2D eigenvalue weighted by Crippen LogP contribution is -2.34. The van der Waals surface area contributed by atoms with Crippen LogP contribution in [0.4, 0.5) is 10.1 Å². The SMILES string of the molecule is Cc1[nH]nc(S(=O)(=O)Nc2ccc(F)cc2)c1C(=O)NC1CCCC1. The summed E-state index contributed by atoms with van der Waals surface area (Å²) >= 11 is 0. The Kier molecular flexibility index (Phi) is 4.76. The van der Waals surface area contributed by atoms with Gasteiger partial charge in [-0.05, 0) is 44.0 Å². The molecule has 0 unspecified atom stereocenters. The monoisotopic (exact) mass is 366 g/mol. The van der Waals surface area contributed by atoms with Crippen molar-refractivity contribution in [1.29, 1.82) is 0 Å². The van der Waals surface area contributed by atoms with Gasteiger partial charge in [0.1, 0.15) is 11.4 Å². The standard InChI is InChI=1S/C16H19FN4O3S/c1-10-14(15(22)18-12-4-2-3-5-12)16(20-19-10)25(23,24)21-13-8-6-11(17)7-9-13/h6-9,12,21H,2-5H2,1H3,(H,18,22)(H,19,20). The summed E-state index contributed by atoms with van der Waals surface area (Å²) in [7, 11) is -4.09. The summed E-state index contributed by atoms with van der Waals surface area (Å²) < 4.78 is 40.5. The lowest BCUT2D eigenvalue weighted by atomic mass is 10.2. The van der Waals surface area contributed by atoms with Crippen molar-refractivity contribution < 1.29 is 17.6 Å². The number of nitrogens with one attached hydrogen (secondary N) is 3. The summed E-state index contributed by atoms with van der Waals surface area (Å²) in [6.45, 7) is 1.59. The molecule has 0 radical (unpaired) electrons. The molecular weight excluding hydrogens is 347 g/mol. The van der Waals surface area contributed by atoms with Gasteiger partial charge in [-0.15, -0.1) is 0 Å². The van der Waals surface area contributed by atoms with Crippen molar-refractivity contribution in [1.82, 2.24) is 15.5 Å². The fourth-order valence-corrected chi connectivity index (χ4v) is 4.14. The average molecular weight is 366 g/mol. The topological polar surface area (TPSA) is 104 Å². The predicted molar refractivity (Wildman–Crippen MR) is 90.3 cm³/mol. The summed E-state index contributed by atoms with van der Waals surface area (Å²) in [6.07, 6.45) is 3.87. The van der Waals surface area contributed by atoms with Crippen LogP contribution in [-0.2, 0) is 10.0 Å². The van der Waals surface area contributed by atoms with Gasteiger partial charge in [0.15, 0.2) is 0 Å². The Labute approximate surface area is 145 Å². The summed E-state index contributed by atoms with van der Waals surface area (Å²) in [6, 6.07) is 4.93. The fourth-order valence-electron chi connectivity index (χ4n) is 2.92. The number of halogens is 1. The molecule has 1 heterocycles. The second-order valence-corrected chi connectivity index (χ2v) is 7.69. The molecule has 3 N–H and O–H groups in total. The molecule has 1 fully saturated rings. The molecule has 1 aromatic heterocycles. The van der Waals surface area contributed by atoms with Crippen LogP contribution in [0.5, 0.6) is 0 Å². The number of aromatic amines is 1. The fraction of sp³-hybridized carbons (Fsp3) is 0.375. The number of sulfonamides is 1. The Morgan fingerprint density at radius 3 is 2.52 bits per heavy atom. The molecule has 1 aliphatic rings. The number of aromatic nitrogens is 2. The van der Waals surface area contributed by atoms with E-state index in [1.54, 1.807) is 6.92 Å². The molecule has 25 heavy (non-hydrogen) atoms. The zero-order valence-electron chi connectivity index (χ0n) is 13.7. The zero-order chi connectivity index (χ0) is 18.0. The minimum absolute atomic E-state index is 0.00140. The minimum Gasteiger partial charge on any atom is -0.349 e. The molecule has 2 aromatic rings. The van der Waals surface area contributed by atoms with E-state index in [-0.39, 0.29) is 22.3 Å². The number of carbonyl (C=O) groups is 1. The van der Waals surface area contributed by atoms with Crippen molar-refractivity contribution in [3.8, 4) is 0 Å². The van der Waals surface area contributed by atoms with Crippen LogP contribution < -0.4 is 10.0 Å². The number of benzene rings is 1. The van der Waals surface area contributed by atoms with Gasteiger partial charge in [0, 0.05) is 17.4 Å². The third-order valence-corrected chi connectivity index (χ3v) is 5.49. The average Bonchev–Trinajstić information content (AvgIpc) is 3.19. The second kappa shape index (κ2) is 6.83. The highest BCUT2D eigenvalue weighted by Crippen LogP contribution is 2.22. The Morgan fingerprint density at radius 1 is 1.24 bits per heavy atom. The van der Waals surface area contributed by atoms with E-state index >= 15 is 0 Å². The van der Waals surface area contributed by atoms with Crippen molar-refractivity contribution >= 4 is 21.6 Å². The van der Waals surface area contributed by atoms with Gasteiger partial charge >= 0.3 is 0 Å². The summed E-state index contributed by atoms with van der Waals surface area (Å²) in [5.74, 6) is -0.937. The van der Waals surface area contributed by atoms with Crippen LogP contribution in [0.1, 0.15) is 41.7 Å². The maximum atomic E-state index is 13.0. The smallest absolute Gasteiger partial charge is 0.282 e. The first-order valence-electron chi connectivity index (χ1n) is 8.01. The molecule has 1 aliphatic carbocycles. The summed E-state index contributed by atoms with van der Waals surface area (Å²) in [4.78, 5) is 12.5. The first-order valence-corrected chi connectivity index (χ1v) is 9.49. The van der Waals surface area contributed by atoms with E-state index < -0.39 is 21.7 Å². The number of aryl methyl sites for hydroxylation is 1. The first kappa shape index (κ1) is 17.4. The van der Waals surface area contributed by atoms with Crippen LogP contribution in [0.3, 0.4) is 0 Å². The number of hydrogen-bond donors (Lipinski definition) is 3. The van der Waals surface area contributed by atoms with Gasteiger partial charge in [-0.3, -0.25) is 14.6 Å². The largest absolute Gasteiger partial charge is 0.349 e. The number of carbonyl (C=O) groups excluding carboxylic acids is 1. The maximum Gasteiger partial charge on any atom is 0.282 e. The number of anilines is 1. The van der Waals surface area contributed by atoms with Crippen molar-refractivity contribution in [2.45, 2.75) is 43.7 Å². The van der Waals surface area contributed by atoms with E-state index in [9.17, 15) is 17.6 Å². The molecule has 1 aromatic carbocycles. The summed E-state index contributed by atoms with van der Waals surface area (Å²) in [5.41, 5.74) is 0.556. The number of rotatable bonds is 5. The van der Waals surface area contributed by atoms with Crippen LogP contribution in [0.2, 0.25) is 0 Å². The molecule has 1 saturated carbocycles. The molecule has 0 aliphatic heterocycles. The second-order valence-electron chi connectivity index (χ2n) is 6.10. The molecule has 9 heteroatoms. The number of hydrogen-bond acceptors (Lipinski definition) is 4. The quantitative estimate of drug-likeness (QED) is 0.755. The van der Waals surface area contributed by atoms with Gasteiger partial charge in [0.2, 0.25) is 5.03 Å². The molecule has 7 nitrogen and oxygen atoms in total. The molecule has 0 bridgehead atoms. The molecular formula is C16H19FN4O3S. The van der Waals surface area contributed by atoms with Gasteiger partial charge < -0.3 is 5.32 Å². The lowest BCUT2D eigenvalue weighted by Gasteiger charge is -2.13. The Morgan fingerprint density at radius 2 is 1.88 bits per heavy atom. The molecule has 0 atom stereocenters. The Balaban J connectivity index is 1.86. The van der Waals surface area contributed by atoms with Crippen LogP contribution in [-0.4, -0.2) is 30.6 Å². The van der Waals surface area contributed by atoms with E-state index in [2.05, 4.69) is 20.2 Å². The van der Waals surface area contributed by atoms with Crippen molar-refractivity contribution in [2.75, 3.05) is 4.72 Å². The maximum absolute atomic E-state index is 13.0. The van der Waals surface area contributed by atoms with E-state index in [0.717, 1.165) is 37.8 Å². The van der Waals surface area contributed by atoms with E-state index in [4.69, 9.17) is 0 Å². The van der Waals surface area contributed by atoms with Crippen molar-refractivity contribution in [3.05, 3.63) is 41.3 Å². The number of H-pyrrole nitrogens is 1. The van der Waals surface area contributed by atoms with Crippen molar-refractivity contribution in [2.24, 2.45) is 0 Å². The zero-order valence-corrected chi connectivity index (χ0v) is 14.5. The highest BCUT2D eigenvalue weighted by atomic mass is 32.2. The Bertz CT molecular complexity index is 871. The highest BCUT2D eigenvalue weighted by molar-refractivity contribution is 7.92. The molecule has 134 valence electrons. The van der Waals surface area contributed by atoms with Gasteiger partial charge in [0.05, 0.1) is 0 Å². The van der Waals surface area contributed by atoms with Crippen LogP contribution in [0.25, 0.3) is 0 Å². The van der Waals surface area contributed by atoms with E-state index in [0.29, 0.717) is 5.69 Å². The lowest BCUT2D eigenvalue weighted by molar-refractivity contribution is 0.0934. The molecule has 0 saturated heterocycles. The molecule has 0 spiro atoms. The first-order chi connectivity index (χ1) is 11.9. The highest BCUT2D eigenvalue weighted by Gasteiger charge is 2.30. The van der Waals surface area contributed by atoms with E-state index in [1.807, 2.05) is 0 Å². The van der Waals surface area contributed by atoms with E-state index in [1.165, 1.54) is 12.1 Å². The number of amides is 1. The van der Waals surface area contributed by atoms with Crippen molar-refractivity contribution in [3.63, 3.8) is 0 Å². The third-order valence-electron chi connectivity index (χ3n) is 4.18.